The summed E-state index contributed by atoms with van der Waals surface area (Å²) < 4.78 is 17.6. The van der Waals surface area contributed by atoms with Crippen LogP contribution in [0.4, 0.5) is 4.39 Å². The Balaban J connectivity index is 1.78. The minimum atomic E-state index is -0.262. The van der Waals surface area contributed by atoms with Crippen LogP contribution in [-0.2, 0) is 6.54 Å². The van der Waals surface area contributed by atoms with E-state index in [1.54, 1.807) is 6.07 Å². The second-order valence-corrected chi connectivity index (χ2v) is 7.38. The highest BCUT2D eigenvalue weighted by molar-refractivity contribution is 5.76. The summed E-state index contributed by atoms with van der Waals surface area (Å²) >= 11 is 0. The molecular weight excluding hydrogens is 305 g/mol. The molecule has 1 aromatic carbocycles. The summed E-state index contributed by atoms with van der Waals surface area (Å²) in [6.45, 7) is 2.61. The third kappa shape index (κ3) is 2.90. The smallest absolute Gasteiger partial charge is 0.317 e. The number of nitrogens with zero attached hydrogens (tertiary/aromatic N) is 2. The molecule has 5 heteroatoms. The minimum Gasteiger partial charge on any atom is -0.317 e. The molecular formula is C19H26FN3O. The van der Waals surface area contributed by atoms with E-state index in [4.69, 9.17) is 0 Å². The zero-order chi connectivity index (χ0) is 16.5. The van der Waals surface area contributed by atoms with E-state index in [1.807, 2.05) is 9.13 Å². The van der Waals surface area contributed by atoms with Crippen molar-refractivity contribution in [3.63, 3.8) is 0 Å². The van der Waals surface area contributed by atoms with Gasteiger partial charge in [-0.2, -0.15) is 0 Å². The molecule has 1 aliphatic carbocycles. The first-order valence-corrected chi connectivity index (χ1v) is 9.35. The molecule has 0 bridgehead atoms. The van der Waals surface area contributed by atoms with Gasteiger partial charge in [0.05, 0.1) is 11.0 Å². The molecule has 0 amide bonds. The first kappa shape index (κ1) is 15.9. The number of rotatable bonds is 3. The normalized spacial score (nSPS) is 20.7. The molecule has 24 heavy (non-hydrogen) atoms. The minimum absolute atomic E-state index is 0.0491. The molecule has 1 aromatic heterocycles. The standard InChI is InChI=1S/C19H26FN3O/c20-15-6-7-17-18(12-15)22(13-14-4-2-1-3-5-14)19(24)23(17)16-8-10-21-11-9-16/h6-7,12,14,16,21H,1-5,8-11,13H2. The second-order valence-electron chi connectivity index (χ2n) is 7.38. The molecule has 2 aromatic rings. The van der Waals surface area contributed by atoms with Crippen molar-refractivity contribution in [1.82, 2.24) is 14.5 Å². The summed E-state index contributed by atoms with van der Waals surface area (Å²) in [7, 11) is 0. The number of benzene rings is 1. The third-order valence-corrected chi connectivity index (χ3v) is 5.76. The SMILES string of the molecule is O=c1n(CC2CCCCC2)c2cc(F)ccc2n1C1CCNCC1. The summed E-state index contributed by atoms with van der Waals surface area (Å²) in [5.41, 5.74) is 1.71. The number of hydrogen-bond acceptors (Lipinski definition) is 2. The lowest BCUT2D eigenvalue weighted by molar-refractivity contribution is 0.312. The molecule has 1 saturated carbocycles. The van der Waals surface area contributed by atoms with E-state index < -0.39 is 0 Å². The van der Waals surface area contributed by atoms with Crippen LogP contribution < -0.4 is 11.0 Å². The summed E-state index contributed by atoms with van der Waals surface area (Å²) in [6, 6.07) is 5.02. The summed E-state index contributed by atoms with van der Waals surface area (Å²) in [5.74, 6) is 0.286. The van der Waals surface area contributed by atoms with Crippen LogP contribution in [0.1, 0.15) is 51.0 Å². The Hall–Kier alpha value is -1.62. The fourth-order valence-electron chi connectivity index (χ4n) is 4.47. The maximum atomic E-state index is 13.8. The van der Waals surface area contributed by atoms with Crippen LogP contribution in [0.2, 0.25) is 0 Å². The summed E-state index contributed by atoms with van der Waals surface area (Å²) in [6.07, 6.45) is 8.08. The highest BCUT2D eigenvalue weighted by Crippen LogP contribution is 2.28. The quantitative estimate of drug-likeness (QED) is 0.936. The maximum absolute atomic E-state index is 13.8. The number of halogens is 1. The third-order valence-electron chi connectivity index (χ3n) is 5.76. The predicted molar refractivity (Wildman–Crippen MR) is 93.9 cm³/mol. The Morgan fingerprint density at radius 1 is 1.04 bits per heavy atom. The Labute approximate surface area is 141 Å². The number of nitrogens with one attached hydrogen (secondary N) is 1. The zero-order valence-corrected chi connectivity index (χ0v) is 14.1. The molecule has 2 aliphatic rings. The molecule has 4 rings (SSSR count). The number of hydrogen-bond donors (Lipinski definition) is 1. The van der Waals surface area contributed by atoms with Crippen molar-refractivity contribution < 1.29 is 4.39 Å². The van der Waals surface area contributed by atoms with E-state index in [9.17, 15) is 9.18 Å². The number of piperidine rings is 1. The van der Waals surface area contributed by atoms with Crippen LogP contribution in [0.15, 0.2) is 23.0 Å². The average Bonchev–Trinajstić information content (AvgIpc) is 2.88. The van der Waals surface area contributed by atoms with Crippen LogP contribution in [0.3, 0.4) is 0 Å². The number of aromatic nitrogens is 2. The van der Waals surface area contributed by atoms with Crippen molar-refractivity contribution in [2.45, 2.75) is 57.5 Å². The maximum Gasteiger partial charge on any atom is 0.329 e. The van der Waals surface area contributed by atoms with Crippen LogP contribution in [0.5, 0.6) is 0 Å². The fourth-order valence-corrected chi connectivity index (χ4v) is 4.47. The molecule has 1 N–H and O–H groups in total. The molecule has 2 fully saturated rings. The van der Waals surface area contributed by atoms with Gasteiger partial charge in [0.15, 0.2) is 0 Å². The number of fused-ring (bicyclic) bond motifs is 1. The largest absolute Gasteiger partial charge is 0.329 e. The van der Waals surface area contributed by atoms with Gasteiger partial charge >= 0.3 is 5.69 Å². The lowest BCUT2D eigenvalue weighted by Crippen LogP contribution is -2.35. The molecule has 2 heterocycles. The van der Waals surface area contributed by atoms with Gasteiger partial charge in [-0.15, -0.1) is 0 Å². The van der Waals surface area contributed by atoms with Crippen molar-refractivity contribution in [3.05, 3.63) is 34.5 Å². The van der Waals surface area contributed by atoms with E-state index in [-0.39, 0.29) is 17.5 Å². The van der Waals surface area contributed by atoms with Crippen LogP contribution in [-0.4, -0.2) is 22.2 Å². The molecule has 130 valence electrons. The first-order valence-electron chi connectivity index (χ1n) is 9.35. The summed E-state index contributed by atoms with van der Waals surface area (Å²) in [5, 5.41) is 3.35. The van der Waals surface area contributed by atoms with Gasteiger partial charge in [-0.3, -0.25) is 9.13 Å². The number of imidazole rings is 1. The molecule has 0 unspecified atom stereocenters. The highest BCUT2D eigenvalue weighted by atomic mass is 19.1. The topological polar surface area (TPSA) is 39.0 Å². The molecule has 4 nitrogen and oxygen atoms in total. The van der Waals surface area contributed by atoms with Crippen LogP contribution in [0, 0.1) is 11.7 Å². The molecule has 1 saturated heterocycles. The average molecular weight is 331 g/mol. The van der Waals surface area contributed by atoms with Gasteiger partial charge in [0.2, 0.25) is 0 Å². The molecule has 0 radical (unpaired) electrons. The van der Waals surface area contributed by atoms with E-state index >= 15 is 0 Å². The molecule has 0 spiro atoms. The Morgan fingerprint density at radius 2 is 1.79 bits per heavy atom. The lowest BCUT2D eigenvalue weighted by Gasteiger charge is -2.24. The van der Waals surface area contributed by atoms with Gasteiger partial charge in [0.25, 0.3) is 0 Å². The van der Waals surface area contributed by atoms with Crippen molar-refractivity contribution >= 4 is 11.0 Å². The van der Waals surface area contributed by atoms with Crippen LogP contribution >= 0.6 is 0 Å². The van der Waals surface area contributed by atoms with Crippen molar-refractivity contribution in [2.24, 2.45) is 5.92 Å². The van der Waals surface area contributed by atoms with Crippen LogP contribution in [0.25, 0.3) is 11.0 Å². The van der Waals surface area contributed by atoms with Gasteiger partial charge in [-0.1, -0.05) is 19.3 Å². The summed E-state index contributed by atoms with van der Waals surface area (Å²) in [4.78, 5) is 13.2. The fraction of sp³-hybridized carbons (Fsp3) is 0.632. The second kappa shape index (κ2) is 6.71. The van der Waals surface area contributed by atoms with Crippen molar-refractivity contribution in [3.8, 4) is 0 Å². The van der Waals surface area contributed by atoms with E-state index in [0.29, 0.717) is 5.92 Å². The highest BCUT2D eigenvalue weighted by Gasteiger charge is 2.24. The van der Waals surface area contributed by atoms with Gasteiger partial charge in [0.1, 0.15) is 5.82 Å². The van der Waals surface area contributed by atoms with Gasteiger partial charge < -0.3 is 5.32 Å². The van der Waals surface area contributed by atoms with Crippen molar-refractivity contribution in [2.75, 3.05) is 13.1 Å². The van der Waals surface area contributed by atoms with Crippen molar-refractivity contribution in [1.29, 1.82) is 0 Å². The van der Waals surface area contributed by atoms with Gasteiger partial charge in [0, 0.05) is 12.6 Å². The lowest BCUT2D eigenvalue weighted by atomic mass is 9.89. The van der Waals surface area contributed by atoms with E-state index in [0.717, 1.165) is 43.5 Å². The van der Waals surface area contributed by atoms with E-state index in [1.165, 1.54) is 44.2 Å². The first-order chi connectivity index (χ1) is 11.7. The zero-order valence-electron chi connectivity index (χ0n) is 14.1. The van der Waals surface area contributed by atoms with Gasteiger partial charge in [-0.25, -0.2) is 9.18 Å². The predicted octanol–water partition coefficient (Wildman–Crippen LogP) is 3.45. The van der Waals surface area contributed by atoms with E-state index in [2.05, 4.69) is 5.32 Å². The van der Waals surface area contributed by atoms with Gasteiger partial charge in [-0.05, 0) is 62.9 Å². The molecule has 1 aliphatic heterocycles. The molecule has 0 atom stereocenters. The monoisotopic (exact) mass is 331 g/mol. The Kier molecular flexibility index (Phi) is 4.44. The Morgan fingerprint density at radius 3 is 2.54 bits per heavy atom. The Bertz CT molecular complexity index is 767.